The van der Waals surface area contributed by atoms with Crippen LogP contribution in [0.3, 0.4) is 0 Å². The van der Waals surface area contributed by atoms with Crippen molar-refractivity contribution in [1.29, 1.82) is 0 Å². The Bertz CT molecular complexity index is 438. The van der Waals surface area contributed by atoms with E-state index in [1.807, 2.05) is 22.6 Å². The lowest BCUT2D eigenvalue weighted by Gasteiger charge is -1.97. The van der Waals surface area contributed by atoms with Gasteiger partial charge in [-0.1, -0.05) is 0 Å². The molecule has 1 N–H and O–H groups in total. The van der Waals surface area contributed by atoms with Crippen molar-refractivity contribution in [1.82, 2.24) is 0 Å². The summed E-state index contributed by atoms with van der Waals surface area (Å²) in [4.78, 5) is 0. The minimum atomic E-state index is -0.254. The smallest absolute Gasteiger partial charge is 0.142 e. The molecule has 62 valence electrons. The lowest BCUT2D eigenvalue weighted by atomic mass is 10.2. The van der Waals surface area contributed by atoms with Crippen molar-refractivity contribution < 1.29 is 9.50 Å². The number of phenolic OH excluding ortho intramolecular Hbond substituents is 1. The van der Waals surface area contributed by atoms with Gasteiger partial charge in [-0.25, -0.2) is 4.39 Å². The van der Waals surface area contributed by atoms with Crippen LogP contribution < -0.4 is 0 Å². The van der Waals surface area contributed by atoms with Gasteiger partial charge in [0.25, 0.3) is 0 Å². The summed E-state index contributed by atoms with van der Waals surface area (Å²) in [6.45, 7) is 0. The molecule has 0 fully saturated rings. The number of aromatic hydroxyl groups is 1. The molecule has 0 aliphatic heterocycles. The second kappa shape index (κ2) is 2.85. The normalized spacial score (nSPS) is 10.8. The Kier molecular flexibility index (Phi) is 1.96. The van der Waals surface area contributed by atoms with Crippen molar-refractivity contribution in [3.63, 3.8) is 0 Å². The van der Waals surface area contributed by atoms with E-state index in [4.69, 9.17) is 0 Å². The van der Waals surface area contributed by atoms with Gasteiger partial charge in [0.1, 0.15) is 11.6 Å². The molecule has 12 heavy (non-hydrogen) atoms. The maximum Gasteiger partial charge on any atom is 0.142 e. The summed E-state index contributed by atoms with van der Waals surface area (Å²) in [5.41, 5.74) is 0. The van der Waals surface area contributed by atoms with Gasteiger partial charge >= 0.3 is 0 Å². The first-order valence-corrected chi connectivity index (χ1v) is 5.20. The molecule has 0 saturated heterocycles. The number of rotatable bonds is 0. The Balaban J connectivity index is 2.96. The van der Waals surface area contributed by atoms with Crippen molar-refractivity contribution in [3.8, 4) is 5.75 Å². The van der Waals surface area contributed by atoms with Crippen molar-refractivity contribution >= 4 is 44.0 Å². The van der Waals surface area contributed by atoms with Crippen molar-refractivity contribution in [2.45, 2.75) is 0 Å². The molecule has 0 aliphatic carbocycles. The predicted molar refractivity (Wildman–Crippen MR) is 56.2 cm³/mol. The Labute approximate surface area is 86.0 Å². The van der Waals surface area contributed by atoms with Crippen molar-refractivity contribution in [3.05, 3.63) is 26.9 Å². The Morgan fingerprint density at radius 2 is 2.17 bits per heavy atom. The summed E-state index contributed by atoms with van der Waals surface area (Å²) in [6.07, 6.45) is 0. The third-order valence-corrected chi connectivity index (χ3v) is 3.62. The number of phenols is 1. The van der Waals surface area contributed by atoms with Gasteiger partial charge in [0.05, 0.1) is 3.57 Å². The Morgan fingerprint density at radius 1 is 1.42 bits per heavy atom. The van der Waals surface area contributed by atoms with E-state index in [9.17, 15) is 9.50 Å². The zero-order valence-electron chi connectivity index (χ0n) is 5.84. The Morgan fingerprint density at radius 3 is 2.92 bits per heavy atom. The van der Waals surface area contributed by atoms with Gasteiger partial charge in [-0.05, 0) is 34.7 Å². The van der Waals surface area contributed by atoms with Crippen LogP contribution in [0, 0.1) is 9.39 Å². The standard InChI is InChI=1S/C8H4FIOS/c9-4-3-12-6-2-1-5(11)8(10)7(4)6/h1-3,11H. The minimum absolute atomic E-state index is 0.139. The van der Waals surface area contributed by atoms with E-state index >= 15 is 0 Å². The third kappa shape index (κ3) is 1.09. The Hall–Kier alpha value is -0.360. The average Bonchev–Trinajstić information content (AvgIpc) is 2.41. The van der Waals surface area contributed by atoms with Crippen LogP contribution in [0.2, 0.25) is 0 Å². The van der Waals surface area contributed by atoms with E-state index in [-0.39, 0.29) is 11.6 Å². The first-order chi connectivity index (χ1) is 5.70. The van der Waals surface area contributed by atoms with Crippen LogP contribution in [0.4, 0.5) is 4.39 Å². The molecule has 0 saturated carbocycles. The van der Waals surface area contributed by atoms with E-state index in [0.29, 0.717) is 8.96 Å². The second-order valence-corrected chi connectivity index (χ2v) is 4.35. The van der Waals surface area contributed by atoms with Gasteiger partial charge in [-0.2, -0.15) is 0 Å². The predicted octanol–water partition coefficient (Wildman–Crippen LogP) is 3.35. The topological polar surface area (TPSA) is 20.2 Å². The van der Waals surface area contributed by atoms with E-state index in [1.165, 1.54) is 16.7 Å². The van der Waals surface area contributed by atoms with Gasteiger partial charge in [-0.15, -0.1) is 11.3 Å². The summed E-state index contributed by atoms with van der Waals surface area (Å²) < 4.78 is 14.5. The summed E-state index contributed by atoms with van der Waals surface area (Å²) >= 11 is 3.29. The highest BCUT2D eigenvalue weighted by atomic mass is 127. The average molecular weight is 294 g/mol. The molecule has 4 heteroatoms. The molecule has 0 atom stereocenters. The molecule has 0 spiro atoms. The molecule has 2 rings (SSSR count). The fourth-order valence-corrected chi connectivity index (χ4v) is 2.77. The quantitative estimate of drug-likeness (QED) is 0.739. The highest BCUT2D eigenvalue weighted by Crippen LogP contribution is 2.33. The SMILES string of the molecule is Oc1ccc2scc(F)c2c1I. The third-order valence-electron chi connectivity index (χ3n) is 1.61. The largest absolute Gasteiger partial charge is 0.507 e. The molecule has 1 aromatic heterocycles. The van der Waals surface area contributed by atoms with Crippen LogP contribution >= 0.6 is 33.9 Å². The van der Waals surface area contributed by atoms with Crippen LogP contribution in [-0.2, 0) is 0 Å². The number of hydrogen-bond donors (Lipinski definition) is 1. The van der Waals surface area contributed by atoms with Gasteiger partial charge in [0.15, 0.2) is 0 Å². The number of halogens is 2. The second-order valence-electron chi connectivity index (χ2n) is 2.36. The van der Waals surface area contributed by atoms with Gasteiger partial charge in [0, 0.05) is 15.5 Å². The summed E-state index contributed by atoms with van der Waals surface area (Å²) in [7, 11) is 0. The summed E-state index contributed by atoms with van der Waals surface area (Å²) in [6, 6.07) is 3.31. The van der Waals surface area contributed by atoms with Gasteiger partial charge in [-0.3, -0.25) is 0 Å². The summed E-state index contributed by atoms with van der Waals surface area (Å²) in [5, 5.41) is 11.3. The van der Waals surface area contributed by atoms with Crippen LogP contribution in [0.1, 0.15) is 0 Å². The zero-order valence-corrected chi connectivity index (χ0v) is 8.82. The maximum absolute atomic E-state index is 13.1. The van der Waals surface area contributed by atoms with Crippen LogP contribution in [0.5, 0.6) is 5.75 Å². The first kappa shape index (κ1) is 8.25. The highest BCUT2D eigenvalue weighted by molar-refractivity contribution is 14.1. The van der Waals surface area contributed by atoms with Gasteiger partial charge < -0.3 is 5.11 Å². The molecular weight excluding hydrogens is 290 g/mol. The van der Waals surface area contributed by atoms with E-state index in [1.54, 1.807) is 12.1 Å². The number of hydrogen-bond acceptors (Lipinski definition) is 2. The molecule has 0 radical (unpaired) electrons. The number of benzene rings is 1. The van der Waals surface area contributed by atoms with E-state index < -0.39 is 0 Å². The van der Waals surface area contributed by atoms with E-state index in [0.717, 1.165) is 4.70 Å². The van der Waals surface area contributed by atoms with Crippen LogP contribution in [-0.4, -0.2) is 5.11 Å². The van der Waals surface area contributed by atoms with Crippen molar-refractivity contribution in [2.24, 2.45) is 0 Å². The zero-order chi connectivity index (χ0) is 8.72. The number of fused-ring (bicyclic) bond motifs is 1. The molecule has 1 heterocycles. The fraction of sp³-hybridized carbons (Fsp3) is 0. The monoisotopic (exact) mass is 294 g/mol. The summed E-state index contributed by atoms with van der Waals surface area (Å²) in [5.74, 6) is -0.115. The lowest BCUT2D eigenvalue weighted by molar-refractivity contribution is 0.472. The minimum Gasteiger partial charge on any atom is -0.507 e. The number of thiophene rings is 1. The molecule has 1 aromatic carbocycles. The maximum atomic E-state index is 13.1. The molecule has 0 aliphatic rings. The molecule has 0 amide bonds. The lowest BCUT2D eigenvalue weighted by Crippen LogP contribution is -1.76. The first-order valence-electron chi connectivity index (χ1n) is 3.24. The fourth-order valence-electron chi connectivity index (χ4n) is 1.04. The molecule has 1 nitrogen and oxygen atoms in total. The molecule has 0 bridgehead atoms. The van der Waals surface area contributed by atoms with Gasteiger partial charge in [0.2, 0.25) is 0 Å². The van der Waals surface area contributed by atoms with Crippen LogP contribution in [0.25, 0.3) is 10.1 Å². The van der Waals surface area contributed by atoms with E-state index in [2.05, 4.69) is 0 Å². The van der Waals surface area contributed by atoms with Crippen molar-refractivity contribution in [2.75, 3.05) is 0 Å². The molecular formula is C8H4FIOS. The van der Waals surface area contributed by atoms with Crippen LogP contribution in [0.15, 0.2) is 17.5 Å². The molecule has 0 unspecified atom stereocenters. The molecule has 2 aromatic rings. The highest BCUT2D eigenvalue weighted by Gasteiger charge is 2.09.